The van der Waals surface area contributed by atoms with E-state index in [2.05, 4.69) is 5.32 Å². The van der Waals surface area contributed by atoms with Crippen LogP contribution < -0.4 is 16.0 Å². The molecule has 0 aliphatic carbocycles. The zero-order valence-electron chi connectivity index (χ0n) is 12.9. The molecule has 3 rings (SSSR count). The van der Waals surface area contributed by atoms with Crippen molar-refractivity contribution in [2.45, 2.75) is 18.5 Å². The lowest BCUT2D eigenvalue weighted by Gasteiger charge is -2.15. The SMILES string of the molecule is N[C@@H](Cc1ccccc1)C(=O)C1NC(=O)N(c2ccccc2)C1=O. The van der Waals surface area contributed by atoms with Crippen LogP contribution in [0.1, 0.15) is 5.56 Å². The van der Waals surface area contributed by atoms with Crippen molar-refractivity contribution in [3.8, 4) is 0 Å². The van der Waals surface area contributed by atoms with Gasteiger partial charge in [-0.1, -0.05) is 48.5 Å². The summed E-state index contributed by atoms with van der Waals surface area (Å²) in [7, 11) is 0. The second kappa shape index (κ2) is 6.64. The molecule has 0 saturated carbocycles. The number of para-hydroxylation sites is 1. The summed E-state index contributed by atoms with van der Waals surface area (Å²) in [6.45, 7) is 0. The Hall–Kier alpha value is -2.99. The highest BCUT2D eigenvalue weighted by molar-refractivity contribution is 6.28. The fraction of sp³-hybridized carbons (Fsp3) is 0.167. The van der Waals surface area contributed by atoms with E-state index in [0.717, 1.165) is 10.5 Å². The minimum absolute atomic E-state index is 0.310. The molecule has 24 heavy (non-hydrogen) atoms. The van der Waals surface area contributed by atoms with Crippen molar-refractivity contribution < 1.29 is 14.4 Å². The van der Waals surface area contributed by atoms with Crippen LogP contribution in [0.5, 0.6) is 0 Å². The Labute approximate surface area is 139 Å². The van der Waals surface area contributed by atoms with Gasteiger partial charge in [0.05, 0.1) is 11.7 Å². The van der Waals surface area contributed by atoms with Crippen LogP contribution in [0, 0.1) is 0 Å². The predicted molar refractivity (Wildman–Crippen MR) is 89.4 cm³/mol. The first kappa shape index (κ1) is 15.9. The van der Waals surface area contributed by atoms with E-state index in [-0.39, 0.29) is 0 Å². The first-order chi connectivity index (χ1) is 11.6. The molecule has 3 N–H and O–H groups in total. The molecular formula is C18H17N3O3. The summed E-state index contributed by atoms with van der Waals surface area (Å²) < 4.78 is 0. The van der Waals surface area contributed by atoms with E-state index < -0.39 is 29.8 Å². The van der Waals surface area contributed by atoms with Crippen LogP contribution >= 0.6 is 0 Å². The van der Waals surface area contributed by atoms with Gasteiger partial charge in [0.15, 0.2) is 11.8 Å². The van der Waals surface area contributed by atoms with Gasteiger partial charge < -0.3 is 11.1 Å². The Kier molecular flexibility index (Phi) is 4.39. The Morgan fingerprint density at radius 1 is 1.04 bits per heavy atom. The number of carbonyl (C=O) groups is 3. The maximum Gasteiger partial charge on any atom is 0.329 e. The molecule has 1 unspecified atom stereocenters. The smallest absolute Gasteiger partial charge is 0.321 e. The number of carbonyl (C=O) groups excluding carboxylic acids is 3. The highest BCUT2D eigenvalue weighted by Gasteiger charge is 2.44. The van der Waals surface area contributed by atoms with Crippen LogP contribution in [0.3, 0.4) is 0 Å². The molecule has 2 aromatic carbocycles. The third-order valence-electron chi connectivity index (χ3n) is 3.90. The fourth-order valence-electron chi connectivity index (χ4n) is 2.68. The zero-order chi connectivity index (χ0) is 17.1. The van der Waals surface area contributed by atoms with Gasteiger partial charge in [0.1, 0.15) is 0 Å². The van der Waals surface area contributed by atoms with Crippen molar-refractivity contribution in [3.05, 3.63) is 66.2 Å². The van der Waals surface area contributed by atoms with Crippen molar-refractivity contribution in [2.24, 2.45) is 5.73 Å². The minimum Gasteiger partial charge on any atom is -0.321 e. The molecule has 0 spiro atoms. The van der Waals surface area contributed by atoms with Crippen LogP contribution in [0.15, 0.2) is 60.7 Å². The Morgan fingerprint density at radius 3 is 2.25 bits per heavy atom. The highest BCUT2D eigenvalue weighted by atomic mass is 16.2. The highest BCUT2D eigenvalue weighted by Crippen LogP contribution is 2.20. The quantitative estimate of drug-likeness (QED) is 0.640. The van der Waals surface area contributed by atoms with Crippen LogP contribution in [0.4, 0.5) is 10.5 Å². The van der Waals surface area contributed by atoms with E-state index in [1.165, 1.54) is 0 Å². The van der Waals surface area contributed by atoms with E-state index in [9.17, 15) is 14.4 Å². The summed E-state index contributed by atoms with van der Waals surface area (Å²) in [5, 5.41) is 2.43. The van der Waals surface area contributed by atoms with E-state index in [1.54, 1.807) is 30.3 Å². The van der Waals surface area contributed by atoms with Crippen molar-refractivity contribution in [1.29, 1.82) is 0 Å². The maximum absolute atomic E-state index is 12.5. The van der Waals surface area contributed by atoms with E-state index in [0.29, 0.717) is 12.1 Å². The number of amides is 3. The summed E-state index contributed by atoms with van der Waals surface area (Å²) >= 11 is 0. The molecule has 6 heteroatoms. The van der Waals surface area contributed by atoms with Crippen molar-refractivity contribution >= 4 is 23.4 Å². The molecule has 2 aromatic rings. The largest absolute Gasteiger partial charge is 0.329 e. The number of urea groups is 1. The standard InChI is InChI=1S/C18H17N3O3/c19-14(11-12-7-3-1-4-8-12)16(22)15-17(23)21(18(24)20-15)13-9-5-2-6-10-13/h1-10,14-15H,11,19H2,(H,20,24)/t14-,15?/m0/s1. The number of nitrogens with two attached hydrogens (primary N) is 1. The van der Waals surface area contributed by atoms with Gasteiger partial charge in [0.25, 0.3) is 5.91 Å². The van der Waals surface area contributed by atoms with Crippen molar-refractivity contribution in [3.63, 3.8) is 0 Å². The lowest BCUT2D eigenvalue weighted by molar-refractivity contribution is -0.128. The first-order valence-corrected chi connectivity index (χ1v) is 7.60. The molecule has 3 amide bonds. The molecule has 1 aliphatic heterocycles. The number of hydrogen-bond acceptors (Lipinski definition) is 4. The molecule has 6 nitrogen and oxygen atoms in total. The van der Waals surface area contributed by atoms with E-state index >= 15 is 0 Å². The number of nitrogens with one attached hydrogen (secondary N) is 1. The van der Waals surface area contributed by atoms with Crippen LogP contribution in [-0.2, 0) is 16.0 Å². The van der Waals surface area contributed by atoms with Gasteiger partial charge in [-0.3, -0.25) is 9.59 Å². The molecule has 1 fully saturated rings. The van der Waals surface area contributed by atoms with Gasteiger partial charge in [-0.2, -0.15) is 0 Å². The molecule has 0 bridgehead atoms. The predicted octanol–water partition coefficient (Wildman–Crippen LogP) is 1.25. The number of ketones is 1. The number of rotatable bonds is 5. The van der Waals surface area contributed by atoms with Gasteiger partial charge in [-0.25, -0.2) is 9.69 Å². The van der Waals surface area contributed by atoms with E-state index in [4.69, 9.17) is 5.73 Å². The molecule has 1 saturated heterocycles. The molecule has 1 heterocycles. The summed E-state index contributed by atoms with van der Waals surface area (Å²) in [6.07, 6.45) is 0.310. The lowest BCUT2D eigenvalue weighted by Crippen LogP contribution is -2.48. The number of benzene rings is 2. The number of imide groups is 1. The van der Waals surface area contributed by atoms with E-state index in [1.807, 2.05) is 30.3 Å². The summed E-state index contributed by atoms with van der Waals surface area (Å²) in [5.74, 6) is -1.09. The normalized spacial score (nSPS) is 18.4. The molecule has 122 valence electrons. The molecule has 0 radical (unpaired) electrons. The fourth-order valence-corrected chi connectivity index (χ4v) is 2.68. The summed E-state index contributed by atoms with van der Waals surface area (Å²) in [4.78, 5) is 38.0. The average molecular weight is 323 g/mol. The van der Waals surface area contributed by atoms with Gasteiger partial charge in [-0.15, -0.1) is 0 Å². The van der Waals surface area contributed by atoms with Crippen LogP contribution in [0.2, 0.25) is 0 Å². The van der Waals surface area contributed by atoms with Gasteiger partial charge in [-0.05, 0) is 24.1 Å². The minimum atomic E-state index is -1.24. The summed E-state index contributed by atoms with van der Waals surface area (Å²) in [6, 6.07) is 15.1. The van der Waals surface area contributed by atoms with Crippen molar-refractivity contribution in [1.82, 2.24) is 5.32 Å². The van der Waals surface area contributed by atoms with Gasteiger partial charge >= 0.3 is 6.03 Å². The monoisotopic (exact) mass is 323 g/mol. The van der Waals surface area contributed by atoms with Crippen LogP contribution in [-0.4, -0.2) is 29.8 Å². The maximum atomic E-state index is 12.5. The molecule has 0 aromatic heterocycles. The van der Waals surface area contributed by atoms with Crippen molar-refractivity contribution in [2.75, 3.05) is 4.90 Å². The lowest BCUT2D eigenvalue weighted by atomic mass is 9.98. The second-order valence-corrected chi connectivity index (χ2v) is 5.59. The van der Waals surface area contributed by atoms with Gasteiger partial charge in [0, 0.05) is 0 Å². The average Bonchev–Trinajstić information content (AvgIpc) is 2.90. The zero-order valence-corrected chi connectivity index (χ0v) is 12.9. The molecular weight excluding hydrogens is 306 g/mol. The third-order valence-corrected chi connectivity index (χ3v) is 3.90. The Bertz CT molecular complexity index is 762. The number of Topliss-reactive ketones (excluding diaryl/α,β-unsaturated/α-hetero) is 1. The second-order valence-electron chi connectivity index (χ2n) is 5.59. The van der Waals surface area contributed by atoms with Crippen LogP contribution in [0.25, 0.3) is 0 Å². The molecule has 2 atom stereocenters. The van der Waals surface area contributed by atoms with Gasteiger partial charge in [0.2, 0.25) is 0 Å². The Balaban J connectivity index is 1.74. The molecule has 1 aliphatic rings. The number of nitrogens with zero attached hydrogens (tertiary/aromatic N) is 1. The Morgan fingerprint density at radius 2 is 1.62 bits per heavy atom. The third kappa shape index (κ3) is 3.04. The number of anilines is 1. The summed E-state index contributed by atoms with van der Waals surface area (Å²) in [5.41, 5.74) is 7.27. The first-order valence-electron chi connectivity index (χ1n) is 7.60. The topological polar surface area (TPSA) is 92.5 Å². The number of hydrogen-bond donors (Lipinski definition) is 2.